The third kappa shape index (κ3) is 1.16. The summed E-state index contributed by atoms with van der Waals surface area (Å²) in [4.78, 5) is 0. The van der Waals surface area contributed by atoms with Gasteiger partial charge in [-0.1, -0.05) is 55.1 Å². The van der Waals surface area contributed by atoms with Crippen LogP contribution in [0.25, 0.3) is 0 Å². The molecule has 1 aromatic carbocycles. The zero-order chi connectivity index (χ0) is 12.2. The van der Waals surface area contributed by atoms with Crippen LogP contribution >= 0.6 is 0 Å². The van der Waals surface area contributed by atoms with Crippen molar-refractivity contribution in [3.8, 4) is 0 Å². The minimum Gasteiger partial charge on any atom is -0.0946 e. The van der Waals surface area contributed by atoms with Crippen LogP contribution in [0, 0.1) is 10.8 Å². The van der Waals surface area contributed by atoms with E-state index in [-0.39, 0.29) is 5.41 Å². The molecule has 0 aliphatic heterocycles. The average Bonchev–Trinajstić information content (AvgIpc) is 3.01. The van der Waals surface area contributed by atoms with Gasteiger partial charge in [0.2, 0.25) is 0 Å². The molecule has 2 bridgehead atoms. The Morgan fingerprint density at radius 2 is 1.94 bits per heavy atom. The van der Waals surface area contributed by atoms with Crippen molar-refractivity contribution in [3.05, 3.63) is 71.8 Å². The molecule has 0 heterocycles. The van der Waals surface area contributed by atoms with E-state index in [9.17, 15) is 0 Å². The second-order valence-electron chi connectivity index (χ2n) is 6.12. The molecule has 0 saturated heterocycles. The van der Waals surface area contributed by atoms with Gasteiger partial charge in [0.05, 0.1) is 0 Å². The van der Waals surface area contributed by atoms with E-state index in [2.05, 4.69) is 55.1 Å². The van der Waals surface area contributed by atoms with Gasteiger partial charge in [-0.05, 0) is 42.4 Å². The molecule has 0 aromatic heterocycles. The van der Waals surface area contributed by atoms with Gasteiger partial charge >= 0.3 is 0 Å². The predicted octanol–water partition coefficient (Wildman–Crippen LogP) is 4.45. The molecule has 1 saturated carbocycles. The second kappa shape index (κ2) is 3.26. The van der Waals surface area contributed by atoms with Crippen LogP contribution < -0.4 is 0 Å². The second-order valence-corrected chi connectivity index (χ2v) is 6.12. The fraction of sp³-hybridized carbons (Fsp3) is 0.333. The summed E-state index contributed by atoms with van der Waals surface area (Å²) in [5.41, 5.74) is 4.97. The van der Waals surface area contributed by atoms with Crippen LogP contribution in [0.5, 0.6) is 0 Å². The lowest BCUT2D eigenvalue weighted by molar-refractivity contribution is 0.386. The lowest BCUT2D eigenvalue weighted by Crippen LogP contribution is -2.18. The molecule has 3 aliphatic rings. The van der Waals surface area contributed by atoms with Gasteiger partial charge in [0.25, 0.3) is 0 Å². The topological polar surface area (TPSA) is 0 Å². The highest BCUT2D eigenvalue weighted by Gasteiger charge is 2.56. The predicted molar refractivity (Wildman–Crippen MR) is 75.2 cm³/mol. The van der Waals surface area contributed by atoms with Crippen molar-refractivity contribution in [2.75, 3.05) is 0 Å². The maximum absolute atomic E-state index is 4.42. The van der Waals surface area contributed by atoms with Crippen LogP contribution in [0.15, 0.2) is 66.3 Å². The summed E-state index contributed by atoms with van der Waals surface area (Å²) < 4.78 is 0. The lowest BCUT2D eigenvalue weighted by Gasteiger charge is -2.26. The molecule has 1 unspecified atom stereocenters. The van der Waals surface area contributed by atoms with Crippen molar-refractivity contribution in [2.45, 2.75) is 25.7 Å². The monoisotopic (exact) mass is 234 g/mol. The van der Waals surface area contributed by atoms with E-state index in [1.165, 1.54) is 30.4 Å². The summed E-state index contributed by atoms with van der Waals surface area (Å²) in [6, 6.07) is 10.8. The first-order chi connectivity index (χ1) is 8.74. The Morgan fingerprint density at radius 1 is 1.11 bits per heavy atom. The first-order valence-corrected chi connectivity index (χ1v) is 6.89. The minimum absolute atomic E-state index is 0.216. The molecule has 0 N–H and O–H groups in total. The van der Waals surface area contributed by atoms with Gasteiger partial charge in [-0.2, -0.15) is 0 Å². The Labute approximate surface area is 109 Å². The van der Waals surface area contributed by atoms with E-state index < -0.39 is 0 Å². The Kier molecular flexibility index (Phi) is 1.88. The van der Waals surface area contributed by atoms with Crippen LogP contribution in [0.1, 0.15) is 24.8 Å². The molecule has 0 amide bonds. The first kappa shape index (κ1) is 10.4. The molecule has 1 fully saturated rings. The summed E-state index contributed by atoms with van der Waals surface area (Å²) in [7, 11) is 0. The summed E-state index contributed by atoms with van der Waals surface area (Å²) in [6.45, 7) is 4.42. The van der Waals surface area contributed by atoms with Crippen molar-refractivity contribution in [1.29, 1.82) is 0 Å². The minimum atomic E-state index is 0.216. The average molecular weight is 234 g/mol. The quantitative estimate of drug-likeness (QED) is 0.663. The fourth-order valence-corrected chi connectivity index (χ4v) is 4.26. The van der Waals surface area contributed by atoms with Crippen LogP contribution in [0.4, 0.5) is 0 Å². The maximum atomic E-state index is 4.42. The van der Waals surface area contributed by atoms with E-state index in [0.717, 1.165) is 6.42 Å². The number of rotatable bonds is 2. The Hall–Kier alpha value is -1.56. The summed E-state index contributed by atoms with van der Waals surface area (Å²) in [5.74, 6) is 0. The molecule has 3 aliphatic carbocycles. The number of benzene rings is 1. The molecule has 0 nitrogen and oxygen atoms in total. The lowest BCUT2D eigenvalue weighted by atomic mass is 9.77. The number of hydrogen-bond donors (Lipinski definition) is 0. The Balaban J connectivity index is 1.74. The number of fused-ring (bicyclic) bond motifs is 1. The van der Waals surface area contributed by atoms with Gasteiger partial charge < -0.3 is 0 Å². The van der Waals surface area contributed by atoms with Crippen LogP contribution in [0.2, 0.25) is 0 Å². The van der Waals surface area contributed by atoms with Crippen molar-refractivity contribution >= 4 is 0 Å². The van der Waals surface area contributed by atoms with E-state index in [4.69, 9.17) is 0 Å². The van der Waals surface area contributed by atoms with E-state index in [1.807, 2.05) is 0 Å². The molecular weight excluding hydrogens is 216 g/mol. The molecule has 18 heavy (non-hydrogen) atoms. The van der Waals surface area contributed by atoms with Crippen LogP contribution in [-0.2, 0) is 6.42 Å². The van der Waals surface area contributed by atoms with Crippen molar-refractivity contribution in [2.24, 2.45) is 10.8 Å². The van der Waals surface area contributed by atoms with Gasteiger partial charge in [-0.3, -0.25) is 0 Å². The van der Waals surface area contributed by atoms with Gasteiger partial charge in [0, 0.05) is 10.8 Å². The number of allylic oxidation sites excluding steroid dienone is 5. The van der Waals surface area contributed by atoms with Crippen LogP contribution in [0.3, 0.4) is 0 Å². The molecule has 90 valence electrons. The third-order valence-corrected chi connectivity index (χ3v) is 5.12. The highest BCUT2D eigenvalue weighted by molar-refractivity contribution is 5.58. The third-order valence-electron chi connectivity index (χ3n) is 5.12. The van der Waals surface area contributed by atoms with Crippen molar-refractivity contribution in [3.63, 3.8) is 0 Å². The standard InChI is InChI=1S/C18H18/c1-14-16-8-5-9-17(16)10-11-18(14,13-17)12-15-6-3-2-4-7-15/h2-4,6-8,10-11H,1,5,9,12-13H2/t17-,18?/m0/s1. The SMILES string of the molecule is C=C1C2=CCC[C@@]23C=CC1(Cc1ccccc1)C3. The van der Waals surface area contributed by atoms with Gasteiger partial charge in [0.15, 0.2) is 0 Å². The zero-order valence-electron chi connectivity index (χ0n) is 10.7. The molecule has 4 rings (SSSR count). The van der Waals surface area contributed by atoms with Crippen molar-refractivity contribution < 1.29 is 0 Å². The molecule has 0 radical (unpaired) electrons. The molecule has 0 heteroatoms. The van der Waals surface area contributed by atoms with E-state index in [0.29, 0.717) is 5.41 Å². The van der Waals surface area contributed by atoms with Crippen molar-refractivity contribution in [1.82, 2.24) is 0 Å². The summed E-state index contributed by atoms with van der Waals surface area (Å²) in [5, 5.41) is 0. The smallest absolute Gasteiger partial charge is 0.0181 e. The molecule has 2 atom stereocenters. The fourth-order valence-electron chi connectivity index (χ4n) is 4.26. The number of hydrogen-bond acceptors (Lipinski definition) is 0. The van der Waals surface area contributed by atoms with Gasteiger partial charge in [-0.15, -0.1) is 0 Å². The highest BCUT2D eigenvalue weighted by atomic mass is 14.6. The molecule has 1 spiro atoms. The molecular formula is C18H18. The van der Waals surface area contributed by atoms with Crippen LogP contribution in [-0.4, -0.2) is 0 Å². The van der Waals surface area contributed by atoms with Gasteiger partial charge in [0.1, 0.15) is 0 Å². The Morgan fingerprint density at radius 3 is 2.72 bits per heavy atom. The van der Waals surface area contributed by atoms with Gasteiger partial charge in [-0.25, -0.2) is 0 Å². The summed E-state index contributed by atoms with van der Waals surface area (Å²) in [6.07, 6.45) is 12.3. The highest BCUT2D eigenvalue weighted by Crippen LogP contribution is 2.67. The van der Waals surface area contributed by atoms with E-state index >= 15 is 0 Å². The normalized spacial score (nSPS) is 36.0. The first-order valence-electron chi connectivity index (χ1n) is 6.89. The Bertz CT molecular complexity index is 575. The maximum Gasteiger partial charge on any atom is 0.0181 e. The molecule has 1 aromatic rings. The largest absolute Gasteiger partial charge is 0.0946 e. The summed E-state index contributed by atoms with van der Waals surface area (Å²) >= 11 is 0. The van der Waals surface area contributed by atoms with E-state index in [1.54, 1.807) is 5.57 Å². The zero-order valence-corrected chi connectivity index (χ0v) is 10.7.